The number of likely N-dealkylation sites (tertiary alicyclic amines) is 1. The minimum atomic E-state index is 0.291. The molecule has 1 fully saturated rings. The van der Waals surface area contributed by atoms with E-state index in [-0.39, 0.29) is 0 Å². The summed E-state index contributed by atoms with van der Waals surface area (Å²) < 4.78 is 7.72. The standard InChI is InChI=1S/C25H31N7O/c1-2-33-21-7-6-17-14-19(5-4-18(17)15-21)23-22-24(27)28-16-29-25(22)32(30-23)20-8-12-31(13-9-20)11-3-10-26/h4-7,14-16,20H,2-3,8-13,26H2,1H3,(H2,27,28,29). The molecule has 8 heteroatoms. The van der Waals surface area contributed by atoms with Crippen LogP contribution in [0, 0.1) is 0 Å². The number of aromatic nitrogens is 4. The van der Waals surface area contributed by atoms with Crippen LogP contribution in [-0.4, -0.2) is 57.4 Å². The van der Waals surface area contributed by atoms with Crippen LogP contribution in [0.3, 0.4) is 0 Å². The molecule has 0 saturated carbocycles. The van der Waals surface area contributed by atoms with E-state index in [4.69, 9.17) is 21.3 Å². The highest BCUT2D eigenvalue weighted by molar-refractivity contribution is 6.00. The fourth-order valence-electron chi connectivity index (χ4n) is 4.78. The average Bonchev–Trinajstić information content (AvgIpc) is 3.24. The molecule has 2 aromatic carbocycles. The topological polar surface area (TPSA) is 108 Å². The molecule has 4 aromatic rings. The van der Waals surface area contributed by atoms with E-state index < -0.39 is 0 Å². The van der Waals surface area contributed by atoms with Gasteiger partial charge in [-0.15, -0.1) is 0 Å². The lowest BCUT2D eigenvalue weighted by molar-refractivity contribution is 0.181. The molecular formula is C25H31N7O. The highest BCUT2D eigenvalue weighted by Crippen LogP contribution is 2.35. The third kappa shape index (κ3) is 4.24. The quantitative estimate of drug-likeness (QED) is 0.447. The molecule has 5 rings (SSSR count). The van der Waals surface area contributed by atoms with Gasteiger partial charge in [0.2, 0.25) is 0 Å². The van der Waals surface area contributed by atoms with Gasteiger partial charge < -0.3 is 21.1 Å². The Morgan fingerprint density at radius 1 is 1.06 bits per heavy atom. The lowest BCUT2D eigenvalue weighted by Crippen LogP contribution is -2.36. The maximum absolute atomic E-state index is 6.34. The first-order valence-corrected chi connectivity index (χ1v) is 11.8. The molecule has 0 spiro atoms. The van der Waals surface area contributed by atoms with Gasteiger partial charge in [0.05, 0.1) is 18.0 Å². The number of nitrogen functional groups attached to an aromatic ring is 1. The zero-order valence-corrected chi connectivity index (χ0v) is 19.1. The van der Waals surface area contributed by atoms with Gasteiger partial charge in [0.25, 0.3) is 0 Å². The van der Waals surface area contributed by atoms with E-state index in [1.165, 1.54) is 6.33 Å². The number of hydrogen-bond acceptors (Lipinski definition) is 7. The smallest absolute Gasteiger partial charge is 0.164 e. The molecule has 0 atom stereocenters. The predicted octanol–water partition coefficient (Wildman–Crippen LogP) is 3.61. The number of fused-ring (bicyclic) bond motifs is 2. The minimum Gasteiger partial charge on any atom is -0.494 e. The molecule has 3 heterocycles. The average molecular weight is 446 g/mol. The fraction of sp³-hybridized carbons (Fsp3) is 0.400. The van der Waals surface area contributed by atoms with Crippen molar-refractivity contribution in [3.8, 4) is 17.0 Å². The van der Waals surface area contributed by atoms with E-state index in [1.807, 2.05) is 13.0 Å². The molecule has 33 heavy (non-hydrogen) atoms. The van der Waals surface area contributed by atoms with Crippen molar-refractivity contribution in [1.82, 2.24) is 24.6 Å². The Labute approximate surface area is 193 Å². The van der Waals surface area contributed by atoms with Gasteiger partial charge >= 0.3 is 0 Å². The van der Waals surface area contributed by atoms with Crippen molar-refractivity contribution in [2.24, 2.45) is 5.73 Å². The highest BCUT2D eigenvalue weighted by atomic mass is 16.5. The number of nitrogens with zero attached hydrogens (tertiary/aromatic N) is 5. The fourth-order valence-corrected chi connectivity index (χ4v) is 4.78. The molecule has 0 aliphatic carbocycles. The van der Waals surface area contributed by atoms with Crippen molar-refractivity contribution < 1.29 is 4.74 Å². The summed E-state index contributed by atoms with van der Waals surface area (Å²) in [6.07, 6.45) is 4.63. The number of ether oxygens (including phenoxy) is 1. The van der Waals surface area contributed by atoms with Crippen LogP contribution in [0.15, 0.2) is 42.7 Å². The predicted molar refractivity (Wildman–Crippen MR) is 132 cm³/mol. The molecule has 0 unspecified atom stereocenters. The van der Waals surface area contributed by atoms with Crippen LogP contribution in [0.25, 0.3) is 33.1 Å². The van der Waals surface area contributed by atoms with E-state index in [9.17, 15) is 0 Å². The van der Waals surface area contributed by atoms with Gasteiger partial charge in [0.15, 0.2) is 5.65 Å². The molecule has 2 aromatic heterocycles. The Balaban J connectivity index is 1.51. The largest absolute Gasteiger partial charge is 0.494 e. The summed E-state index contributed by atoms with van der Waals surface area (Å²) in [6, 6.07) is 12.8. The monoisotopic (exact) mass is 445 g/mol. The second-order valence-electron chi connectivity index (χ2n) is 8.62. The normalized spacial score (nSPS) is 15.5. The maximum Gasteiger partial charge on any atom is 0.164 e. The zero-order valence-electron chi connectivity index (χ0n) is 19.1. The SMILES string of the molecule is CCOc1ccc2cc(-c3nn(C4CCN(CCCN)CC4)c4ncnc(N)c34)ccc2c1. The van der Waals surface area contributed by atoms with Crippen molar-refractivity contribution in [2.45, 2.75) is 32.2 Å². The van der Waals surface area contributed by atoms with E-state index >= 15 is 0 Å². The molecule has 0 radical (unpaired) electrons. The van der Waals surface area contributed by atoms with Crippen molar-refractivity contribution >= 4 is 27.6 Å². The number of hydrogen-bond donors (Lipinski definition) is 2. The summed E-state index contributed by atoms with van der Waals surface area (Å²) in [5.74, 6) is 1.34. The third-order valence-corrected chi connectivity index (χ3v) is 6.50. The van der Waals surface area contributed by atoms with Crippen LogP contribution in [0.4, 0.5) is 5.82 Å². The van der Waals surface area contributed by atoms with Crippen LogP contribution in [0.5, 0.6) is 5.75 Å². The molecule has 4 N–H and O–H groups in total. The van der Waals surface area contributed by atoms with Gasteiger partial charge in [-0.3, -0.25) is 0 Å². The third-order valence-electron chi connectivity index (χ3n) is 6.50. The summed E-state index contributed by atoms with van der Waals surface area (Å²) in [5, 5.41) is 8.14. The molecule has 0 amide bonds. The molecule has 1 saturated heterocycles. The molecular weight excluding hydrogens is 414 g/mol. The first-order chi connectivity index (χ1) is 16.2. The van der Waals surface area contributed by atoms with Crippen LogP contribution < -0.4 is 16.2 Å². The van der Waals surface area contributed by atoms with Gasteiger partial charge in [-0.25, -0.2) is 14.6 Å². The lowest BCUT2D eigenvalue weighted by atomic mass is 10.0. The van der Waals surface area contributed by atoms with E-state index in [0.717, 1.165) is 84.3 Å². The summed E-state index contributed by atoms with van der Waals surface area (Å²) >= 11 is 0. The second kappa shape index (κ2) is 9.33. The van der Waals surface area contributed by atoms with Crippen LogP contribution >= 0.6 is 0 Å². The Morgan fingerprint density at radius 2 is 1.85 bits per heavy atom. The highest BCUT2D eigenvalue weighted by Gasteiger charge is 2.26. The number of piperidine rings is 1. The van der Waals surface area contributed by atoms with Gasteiger partial charge in [0.1, 0.15) is 23.6 Å². The molecule has 0 bridgehead atoms. The van der Waals surface area contributed by atoms with Crippen molar-refractivity contribution in [1.29, 1.82) is 0 Å². The Kier molecular flexibility index (Phi) is 6.11. The van der Waals surface area contributed by atoms with Gasteiger partial charge in [0, 0.05) is 18.7 Å². The number of rotatable bonds is 7. The number of anilines is 1. The molecule has 1 aliphatic heterocycles. The van der Waals surface area contributed by atoms with Crippen molar-refractivity contribution in [3.63, 3.8) is 0 Å². The Hall–Kier alpha value is -3.23. The van der Waals surface area contributed by atoms with Gasteiger partial charge in [-0.05, 0) is 68.2 Å². The molecule has 1 aliphatic rings. The van der Waals surface area contributed by atoms with Crippen molar-refractivity contribution in [3.05, 3.63) is 42.7 Å². The molecule has 8 nitrogen and oxygen atoms in total. The first kappa shape index (κ1) is 21.6. The van der Waals surface area contributed by atoms with E-state index in [1.54, 1.807) is 0 Å². The Bertz CT molecular complexity index is 1260. The molecule has 172 valence electrons. The summed E-state index contributed by atoms with van der Waals surface area (Å²) in [6.45, 7) is 6.52. The van der Waals surface area contributed by atoms with Crippen LogP contribution in [0.1, 0.15) is 32.2 Å². The number of benzene rings is 2. The number of nitrogens with two attached hydrogens (primary N) is 2. The zero-order chi connectivity index (χ0) is 22.8. The van der Waals surface area contributed by atoms with Gasteiger partial charge in [-0.1, -0.05) is 18.2 Å². The van der Waals surface area contributed by atoms with Crippen LogP contribution in [0.2, 0.25) is 0 Å². The Morgan fingerprint density at radius 3 is 2.64 bits per heavy atom. The summed E-state index contributed by atoms with van der Waals surface area (Å²) in [5.41, 5.74) is 14.7. The van der Waals surface area contributed by atoms with Crippen molar-refractivity contribution in [2.75, 3.05) is 38.5 Å². The van der Waals surface area contributed by atoms with E-state index in [2.05, 4.69) is 49.9 Å². The summed E-state index contributed by atoms with van der Waals surface area (Å²) in [4.78, 5) is 11.3. The first-order valence-electron chi connectivity index (χ1n) is 11.8. The maximum atomic E-state index is 6.34. The lowest BCUT2D eigenvalue weighted by Gasteiger charge is -2.32. The van der Waals surface area contributed by atoms with E-state index in [0.29, 0.717) is 18.5 Å². The van der Waals surface area contributed by atoms with Crippen LogP contribution in [-0.2, 0) is 0 Å². The minimum absolute atomic E-state index is 0.291. The van der Waals surface area contributed by atoms with Gasteiger partial charge in [-0.2, -0.15) is 5.10 Å². The summed E-state index contributed by atoms with van der Waals surface area (Å²) in [7, 11) is 0. The second-order valence-corrected chi connectivity index (χ2v) is 8.62.